The summed E-state index contributed by atoms with van der Waals surface area (Å²) in [4.78, 5) is 14.2. The van der Waals surface area contributed by atoms with Crippen LogP contribution in [0.15, 0.2) is 18.2 Å². The Balaban J connectivity index is 2.72. The molecule has 0 radical (unpaired) electrons. The number of hydrogen-bond donors (Lipinski definition) is 2. The largest absolute Gasteiger partial charge is 0.397 e. The smallest absolute Gasteiger partial charge is 0.241 e. The molecule has 0 spiro atoms. The molecule has 19 heavy (non-hydrogen) atoms. The van der Waals surface area contributed by atoms with Crippen LogP contribution in [0.5, 0.6) is 0 Å². The molecule has 1 rings (SSSR count). The highest BCUT2D eigenvalue weighted by molar-refractivity contribution is 5.97. The normalized spacial score (nSPS) is 12.5. The molecule has 0 bridgehead atoms. The summed E-state index contributed by atoms with van der Waals surface area (Å²) in [6, 6.07) is 3.71. The van der Waals surface area contributed by atoms with E-state index in [1.54, 1.807) is 0 Å². The Bertz CT molecular complexity index is 437. The van der Waals surface area contributed by atoms with Gasteiger partial charge in [0.1, 0.15) is 5.82 Å². The van der Waals surface area contributed by atoms with Crippen molar-refractivity contribution in [2.45, 2.75) is 33.2 Å². The summed E-state index contributed by atoms with van der Waals surface area (Å²) in [5.74, 6) is -0.543. The summed E-state index contributed by atoms with van der Waals surface area (Å²) in [5, 5.41) is 2.74. The third-order valence-electron chi connectivity index (χ3n) is 3.12. The number of rotatable bonds is 6. The van der Waals surface area contributed by atoms with Gasteiger partial charge in [-0.1, -0.05) is 13.8 Å². The number of carbonyl (C=O) groups excluding carboxylic acids is 1. The lowest BCUT2D eigenvalue weighted by Gasteiger charge is -2.26. The maximum absolute atomic E-state index is 12.9. The number of nitrogens with one attached hydrogen (secondary N) is 1. The van der Waals surface area contributed by atoms with Gasteiger partial charge in [-0.3, -0.25) is 9.69 Å². The highest BCUT2D eigenvalue weighted by Crippen LogP contribution is 2.19. The van der Waals surface area contributed by atoms with Gasteiger partial charge in [0.05, 0.1) is 17.4 Å². The summed E-state index contributed by atoms with van der Waals surface area (Å²) in [7, 11) is 0. The molecule has 0 heterocycles. The van der Waals surface area contributed by atoms with E-state index in [4.69, 9.17) is 5.73 Å². The molecule has 0 aliphatic carbocycles. The van der Waals surface area contributed by atoms with Crippen LogP contribution in [0.3, 0.4) is 0 Å². The van der Waals surface area contributed by atoms with Gasteiger partial charge in [0, 0.05) is 0 Å². The molecule has 1 amide bonds. The standard InChI is InChI=1S/C14H22FN3O/c1-4-8-18(5-2)10(3)14(19)17-13-7-6-11(15)9-12(13)16/h6-7,9-10H,4-5,8,16H2,1-3H3,(H,17,19). The maximum Gasteiger partial charge on any atom is 0.241 e. The molecule has 1 atom stereocenters. The zero-order chi connectivity index (χ0) is 14.4. The minimum atomic E-state index is -0.412. The van der Waals surface area contributed by atoms with Crippen LogP contribution >= 0.6 is 0 Å². The molecule has 0 fully saturated rings. The number of hydrogen-bond acceptors (Lipinski definition) is 3. The van der Waals surface area contributed by atoms with Gasteiger partial charge in [-0.2, -0.15) is 0 Å². The molecule has 0 saturated carbocycles. The van der Waals surface area contributed by atoms with E-state index in [1.165, 1.54) is 18.2 Å². The molecular weight excluding hydrogens is 245 g/mol. The number of carbonyl (C=O) groups is 1. The molecule has 1 unspecified atom stereocenters. The van der Waals surface area contributed by atoms with E-state index in [2.05, 4.69) is 17.1 Å². The molecule has 1 aromatic rings. The van der Waals surface area contributed by atoms with Crippen LogP contribution in [0.25, 0.3) is 0 Å². The summed E-state index contributed by atoms with van der Waals surface area (Å²) >= 11 is 0. The molecule has 106 valence electrons. The number of nitrogens with two attached hydrogens (primary N) is 1. The van der Waals surface area contributed by atoms with Gasteiger partial charge >= 0.3 is 0 Å². The summed E-state index contributed by atoms with van der Waals surface area (Å²) in [6.07, 6.45) is 0.990. The fraction of sp³-hybridized carbons (Fsp3) is 0.500. The van der Waals surface area contributed by atoms with Crippen LogP contribution in [0.1, 0.15) is 27.2 Å². The van der Waals surface area contributed by atoms with Crippen molar-refractivity contribution in [1.29, 1.82) is 0 Å². The number of amides is 1. The Hall–Kier alpha value is -1.62. The van der Waals surface area contributed by atoms with E-state index in [0.717, 1.165) is 19.5 Å². The van der Waals surface area contributed by atoms with Crippen molar-refractivity contribution in [3.8, 4) is 0 Å². The van der Waals surface area contributed by atoms with Crippen LogP contribution in [0, 0.1) is 5.82 Å². The Morgan fingerprint density at radius 2 is 2.16 bits per heavy atom. The minimum absolute atomic E-state index is 0.131. The van der Waals surface area contributed by atoms with Gasteiger partial charge < -0.3 is 11.1 Å². The maximum atomic E-state index is 12.9. The summed E-state index contributed by atoms with van der Waals surface area (Å²) < 4.78 is 12.9. The number of likely N-dealkylation sites (N-methyl/N-ethyl adjacent to an activating group) is 1. The van der Waals surface area contributed by atoms with Gasteiger partial charge in [-0.15, -0.1) is 0 Å². The second kappa shape index (κ2) is 7.09. The van der Waals surface area contributed by atoms with E-state index < -0.39 is 5.82 Å². The lowest BCUT2D eigenvalue weighted by atomic mass is 10.2. The van der Waals surface area contributed by atoms with Crippen molar-refractivity contribution >= 4 is 17.3 Å². The molecule has 0 aromatic heterocycles. The third-order valence-corrected chi connectivity index (χ3v) is 3.12. The molecule has 3 N–H and O–H groups in total. The van der Waals surface area contributed by atoms with Crippen molar-refractivity contribution in [3.63, 3.8) is 0 Å². The highest BCUT2D eigenvalue weighted by Gasteiger charge is 2.19. The first kappa shape index (κ1) is 15.4. The van der Waals surface area contributed by atoms with Gasteiger partial charge in [0.15, 0.2) is 0 Å². The van der Waals surface area contributed by atoms with Crippen LogP contribution in [-0.4, -0.2) is 29.9 Å². The summed E-state index contributed by atoms with van der Waals surface area (Å²) in [5.41, 5.74) is 6.35. The Kier molecular flexibility index (Phi) is 5.76. The average molecular weight is 267 g/mol. The second-order valence-corrected chi connectivity index (χ2v) is 4.53. The molecule has 1 aromatic carbocycles. The van der Waals surface area contributed by atoms with E-state index in [-0.39, 0.29) is 17.6 Å². The van der Waals surface area contributed by atoms with Crippen LogP contribution < -0.4 is 11.1 Å². The van der Waals surface area contributed by atoms with Gasteiger partial charge in [0.25, 0.3) is 0 Å². The first-order valence-electron chi connectivity index (χ1n) is 6.59. The Labute approximate surface area is 113 Å². The molecule has 0 aliphatic rings. The van der Waals surface area contributed by atoms with Gasteiger partial charge in [-0.25, -0.2) is 4.39 Å². The number of anilines is 2. The monoisotopic (exact) mass is 267 g/mol. The fourth-order valence-electron chi connectivity index (χ4n) is 1.96. The van der Waals surface area contributed by atoms with Crippen LogP contribution in [0.4, 0.5) is 15.8 Å². The summed E-state index contributed by atoms with van der Waals surface area (Å²) in [6.45, 7) is 7.62. The Morgan fingerprint density at radius 3 is 2.68 bits per heavy atom. The van der Waals surface area contributed by atoms with E-state index in [1.807, 2.05) is 13.8 Å². The van der Waals surface area contributed by atoms with Gasteiger partial charge in [-0.05, 0) is 44.6 Å². The van der Waals surface area contributed by atoms with Crippen molar-refractivity contribution in [2.75, 3.05) is 24.1 Å². The number of halogens is 1. The predicted octanol–water partition coefficient (Wildman–Crippen LogP) is 2.47. The highest BCUT2D eigenvalue weighted by atomic mass is 19.1. The molecule has 4 nitrogen and oxygen atoms in total. The number of benzene rings is 1. The lowest BCUT2D eigenvalue weighted by Crippen LogP contribution is -2.42. The zero-order valence-corrected chi connectivity index (χ0v) is 11.7. The zero-order valence-electron chi connectivity index (χ0n) is 11.7. The van der Waals surface area contributed by atoms with Crippen molar-refractivity contribution in [1.82, 2.24) is 4.90 Å². The molecular formula is C14H22FN3O. The molecule has 0 aliphatic heterocycles. The van der Waals surface area contributed by atoms with E-state index >= 15 is 0 Å². The van der Waals surface area contributed by atoms with Crippen molar-refractivity contribution < 1.29 is 9.18 Å². The fourth-order valence-corrected chi connectivity index (χ4v) is 1.96. The van der Waals surface area contributed by atoms with E-state index in [0.29, 0.717) is 5.69 Å². The molecule has 5 heteroatoms. The van der Waals surface area contributed by atoms with Gasteiger partial charge in [0.2, 0.25) is 5.91 Å². The topological polar surface area (TPSA) is 58.4 Å². The Morgan fingerprint density at radius 1 is 1.47 bits per heavy atom. The SMILES string of the molecule is CCCN(CC)C(C)C(=O)Nc1ccc(F)cc1N. The third kappa shape index (κ3) is 4.21. The first-order valence-corrected chi connectivity index (χ1v) is 6.59. The average Bonchev–Trinajstić information content (AvgIpc) is 2.38. The van der Waals surface area contributed by atoms with E-state index in [9.17, 15) is 9.18 Å². The number of nitrogen functional groups attached to an aromatic ring is 1. The van der Waals surface area contributed by atoms with Crippen molar-refractivity contribution in [3.05, 3.63) is 24.0 Å². The van der Waals surface area contributed by atoms with Crippen molar-refractivity contribution in [2.24, 2.45) is 0 Å². The second-order valence-electron chi connectivity index (χ2n) is 4.53. The predicted molar refractivity (Wildman–Crippen MR) is 76.4 cm³/mol. The molecule has 0 saturated heterocycles. The quantitative estimate of drug-likeness (QED) is 0.778. The minimum Gasteiger partial charge on any atom is -0.397 e. The van der Waals surface area contributed by atoms with Crippen LogP contribution in [0.2, 0.25) is 0 Å². The lowest BCUT2D eigenvalue weighted by molar-refractivity contribution is -0.120. The first-order chi connectivity index (χ1) is 8.99. The number of nitrogens with zero attached hydrogens (tertiary/aromatic N) is 1. The van der Waals surface area contributed by atoms with Crippen LogP contribution in [-0.2, 0) is 4.79 Å².